The van der Waals surface area contributed by atoms with Gasteiger partial charge in [-0.05, 0) is 64.4 Å². The Kier molecular flexibility index (Phi) is 4.99. The van der Waals surface area contributed by atoms with E-state index < -0.39 is 0 Å². The monoisotopic (exact) mass is 344 g/mol. The van der Waals surface area contributed by atoms with E-state index in [2.05, 4.69) is 36.0 Å². The molecule has 1 atom stereocenters. The van der Waals surface area contributed by atoms with Gasteiger partial charge in [0.05, 0.1) is 17.4 Å². The number of benzene rings is 1. The average Bonchev–Trinajstić information content (AvgIpc) is 3.18. The van der Waals surface area contributed by atoms with Crippen molar-refractivity contribution in [3.63, 3.8) is 0 Å². The van der Waals surface area contributed by atoms with Gasteiger partial charge < -0.3 is 0 Å². The highest BCUT2D eigenvalue weighted by atomic mass is 19.1. The number of halogens is 1. The zero-order chi connectivity index (χ0) is 18.0. The van der Waals surface area contributed by atoms with Gasteiger partial charge in [-0.25, -0.2) is 9.07 Å². The number of hydrogen-bond donors (Lipinski definition) is 0. The van der Waals surface area contributed by atoms with Gasteiger partial charge in [0, 0.05) is 24.6 Å². The van der Waals surface area contributed by atoms with E-state index in [4.69, 9.17) is 0 Å². The van der Waals surface area contributed by atoms with Crippen LogP contribution >= 0.6 is 0 Å². The summed E-state index contributed by atoms with van der Waals surface area (Å²) in [4.78, 5) is 14.8. The molecule has 1 aromatic heterocycles. The standard InChI is InChI=1S/C19H25FN4O/c1-19(2,3)24-13-16(21-22-24)12-23-10-4-5-17(23)11-18(25)14-6-8-15(20)9-7-14/h6-9,13,17H,4-5,10-12H2,1-3H3. The molecule has 0 radical (unpaired) electrons. The highest BCUT2D eigenvalue weighted by Gasteiger charge is 2.28. The Labute approximate surface area is 147 Å². The van der Waals surface area contributed by atoms with Crippen LogP contribution in [0.15, 0.2) is 30.5 Å². The van der Waals surface area contributed by atoms with E-state index >= 15 is 0 Å². The zero-order valence-electron chi connectivity index (χ0n) is 15.1. The van der Waals surface area contributed by atoms with Gasteiger partial charge in [0.2, 0.25) is 0 Å². The zero-order valence-corrected chi connectivity index (χ0v) is 15.1. The summed E-state index contributed by atoms with van der Waals surface area (Å²) in [6.45, 7) is 7.93. The highest BCUT2D eigenvalue weighted by Crippen LogP contribution is 2.24. The second-order valence-electron chi connectivity index (χ2n) is 7.73. The molecule has 6 heteroatoms. The maximum absolute atomic E-state index is 13.0. The van der Waals surface area contributed by atoms with Crippen molar-refractivity contribution >= 4 is 5.78 Å². The van der Waals surface area contributed by atoms with Gasteiger partial charge in [-0.2, -0.15) is 0 Å². The van der Waals surface area contributed by atoms with Crippen LogP contribution in [0.2, 0.25) is 0 Å². The van der Waals surface area contributed by atoms with Crippen LogP contribution < -0.4 is 0 Å². The third-order valence-corrected chi connectivity index (χ3v) is 4.68. The van der Waals surface area contributed by atoms with Gasteiger partial charge in [-0.3, -0.25) is 9.69 Å². The predicted octanol–water partition coefficient (Wildman–Crippen LogP) is 3.41. The van der Waals surface area contributed by atoms with Gasteiger partial charge in [0.25, 0.3) is 0 Å². The summed E-state index contributed by atoms with van der Waals surface area (Å²) in [5, 5.41) is 8.48. The Hall–Kier alpha value is -2.08. The molecule has 0 bridgehead atoms. The Morgan fingerprint density at radius 3 is 2.64 bits per heavy atom. The first kappa shape index (κ1) is 17.7. The molecule has 1 unspecified atom stereocenters. The number of likely N-dealkylation sites (tertiary alicyclic amines) is 1. The van der Waals surface area contributed by atoms with Crippen LogP contribution in [0.25, 0.3) is 0 Å². The van der Waals surface area contributed by atoms with Crippen molar-refractivity contribution in [1.82, 2.24) is 19.9 Å². The Balaban J connectivity index is 1.63. The molecule has 0 N–H and O–H groups in total. The molecule has 1 aliphatic rings. The van der Waals surface area contributed by atoms with Crippen molar-refractivity contribution in [3.8, 4) is 0 Å². The molecule has 1 fully saturated rings. The molecule has 2 aromatic rings. The molecular formula is C19H25FN4O. The van der Waals surface area contributed by atoms with Crippen LogP contribution in [-0.2, 0) is 12.1 Å². The first-order valence-corrected chi connectivity index (χ1v) is 8.77. The van der Waals surface area contributed by atoms with Crippen LogP contribution in [0, 0.1) is 5.82 Å². The smallest absolute Gasteiger partial charge is 0.164 e. The van der Waals surface area contributed by atoms with Crippen molar-refractivity contribution in [3.05, 3.63) is 47.5 Å². The number of rotatable bonds is 5. The van der Waals surface area contributed by atoms with Crippen molar-refractivity contribution < 1.29 is 9.18 Å². The summed E-state index contributed by atoms with van der Waals surface area (Å²) in [6.07, 6.45) is 4.52. The molecule has 0 saturated carbocycles. The van der Waals surface area contributed by atoms with E-state index in [0.717, 1.165) is 25.1 Å². The third-order valence-electron chi connectivity index (χ3n) is 4.68. The molecule has 1 aliphatic heterocycles. The van der Waals surface area contributed by atoms with Crippen molar-refractivity contribution in [2.24, 2.45) is 0 Å². The molecule has 0 spiro atoms. The summed E-state index contributed by atoms with van der Waals surface area (Å²) in [6, 6.07) is 6.00. The van der Waals surface area contributed by atoms with Crippen LogP contribution in [0.3, 0.4) is 0 Å². The van der Waals surface area contributed by atoms with Crippen molar-refractivity contribution in [2.45, 2.75) is 58.2 Å². The Morgan fingerprint density at radius 2 is 2.00 bits per heavy atom. The maximum atomic E-state index is 13.0. The number of nitrogens with zero attached hydrogens (tertiary/aromatic N) is 4. The summed E-state index contributed by atoms with van der Waals surface area (Å²) >= 11 is 0. The lowest BCUT2D eigenvalue weighted by Gasteiger charge is -2.23. The number of carbonyl (C=O) groups excluding carboxylic acids is 1. The van der Waals surface area contributed by atoms with E-state index in [9.17, 15) is 9.18 Å². The molecule has 1 aromatic carbocycles. The summed E-state index contributed by atoms with van der Waals surface area (Å²) < 4.78 is 14.9. The van der Waals surface area contributed by atoms with Gasteiger partial charge in [-0.15, -0.1) is 5.10 Å². The summed E-state index contributed by atoms with van der Waals surface area (Å²) in [7, 11) is 0. The van der Waals surface area contributed by atoms with Gasteiger partial charge in [0.1, 0.15) is 5.82 Å². The summed E-state index contributed by atoms with van der Waals surface area (Å²) in [5.41, 5.74) is 1.41. The average molecular weight is 344 g/mol. The molecular weight excluding hydrogens is 319 g/mol. The Morgan fingerprint density at radius 1 is 1.28 bits per heavy atom. The second-order valence-corrected chi connectivity index (χ2v) is 7.73. The van der Waals surface area contributed by atoms with Crippen LogP contribution in [-0.4, -0.2) is 38.3 Å². The van der Waals surface area contributed by atoms with E-state index in [0.29, 0.717) is 18.5 Å². The van der Waals surface area contributed by atoms with Gasteiger partial charge in [0.15, 0.2) is 5.78 Å². The molecule has 0 amide bonds. The normalized spacial score (nSPS) is 18.6. The van der Waals surface area contributed by atoms with Crippen LogP contribution in [0.5, 0.6) is 0 Å². The fourth-order valence-corrected chi connectivity index (χ4v) is 3.21. The van der Waals surface area contributed by atoms with Crippen molar-refractivity contribution in [2.75, 3.05) is 6.54 Å². The SMILES string of the molecule is CC(C)(C)n1cc(CN2CCCC2CC(=O)c2ccc(F)cc2)nn1. The fourth-order valence-electron chi connectivity index (χ4n) is 3.21. The lowest BCUT2D eigenvalue weighted by atomic mass is 10.0. The minimum Gasteiger partial charge on any atom is -0.294 e. The molecule has 134 valence electrons. The first-order valence-electron chi connectivity index (χ1n) is 8.77. The van der Waals surface area contributed by atoms with Gasteiger partial charge >= 0.3 is 0 Å². The minimum atomic E-state index is -0.319. The Bertz CT molecular complexity index is 733. The lowest BCUT2D eigenvalue weighted by molar-refractivity contribution is 0.0938. The lowest BCUT2D eigenvalue weighted by Crippen LogP contribution is -2.31. The first-order chi connectivity index (χ1) is 11.8. The molecule has 0 aliphatic carbocycles. The van der Waals surface area contributed by atoms with E-state index in [1.165, 1.54) is 12.1 Å². The van der Waals surface area contributed by atoms with E-state index in [1.807, 2.05) is 10.9 Å². The number of carbonyl (C=O) groups is 1. The quantitative estimate of drug-likeness (QED) is 0.780. The highest BCUT2D eigenvalue weighted by molar-refractivity contribution is 5.96. The van der Waals surface area contributed by atoms with E-state index in [-0.39, 0.29) is 23.2 Å². The number of aromatic nitrogens is 3. The van der Waals surface area contributed by atoms with Crippen LogP contribution in [0.4, 0.5) is 4.39 Å². The molecule has 3 rings (SSSR count). The number of ketones is 1. The van der Waals surface area contributed by atoms with Crippen LogP contribution in [0.1, 0.15) is 56.1 Å². The minimum absolute atomic E-state index is 0.0650. The third kappa shape index (κ3) is 4.31. The fraction of sp³-hybridized carbons (Fsp3) is 0.526. The number of hydrogen-bond acceptors (Lipinski definition) is 4. The maximum Gasteiger partial charge on any atom is 0.164 e. The van der Waals surface area contributed by atoms with Crippen molar-refractivity contribution in [1.29, 1.82) is 0 Å². The molecule has 2 heterocycles. The van der Waals surface area contributed by atoms with Gasteiger partial charge in [-0.1, -0.05) is 5.21 Å². The predicted molar refractivity (Wildman–Crippen MR) is 93.8 cm³/mol. The molecule has 25 heavy (non-hydrogen) atoms. The second kappa shape index (κ2) is 7.04. The topological polar surface area (TPSA) is 51.0 Å². The van der Waals surface area contributed by atoms with E-state index in [1.54, 1.807) is 12.1 Å². The number of Topliss-reactive ketones (excluding diaryl/α,β-unsaturated/α-hetero) is 1. The summed E-state index contributed by atoms with van der Waals surface area (Å²) in [5.74, 6) is -0.253. The molecule has 5 nitrogen and oxygen atoms in total. The largest absolute Gasteiger partial charge is 0.294 e. The molecule has 1 saturated heterocycles.